The number of rotatable bonds is 2. The van der Waals surface area contributed by atoms with E-state index in [0.29, 0.717) is 0 Å². The van der Waals surface area contributed by atoms with Crippen LogP contribution in [0.15, 0.2) is 12.3 Å². The van der Waals surface area contributed by atoms with Gasteiger partial charge in [0.15, 0.2) is 0 Å². The van der Waals surface area contributed by atoms with Crippen LogP contribution < -0.4 is 4.90 Å². The molecular formula is C16H23N3O2. The molecule has 3 heterocycles. The van der Waals surface area contributed by atoms with E-state index in [1.54, 1.807) is 6.92 Å². The molecule has 5 heteroatoms. The second kappa shape index (κ2) is 6.02. The van der Waals surface area contributed by atoms with Crippen molar-refractivity contribution in [1.29, 1.82) is 0 Å². The molecule has 0 N–H and O–H groups in total. The summed E-state index contributed by atoms with van der Waals surface area (Å²) in [6.07, 6.45) is 4.08. The molecule has 2 saturated heterocycles. The first-order chi connectivity index (χ1) is 10.2. The lowest BCUT2D eigenvalue weighted by atomic mass is 10.0. The van der Waals surface area contributed by atoms with E-state index in [1.165, 1.54) is 11.1 Å². The number of aryl methyl sites for hydroxylation is 1. The molecule has 0 spiro atoms. The number of carbonyl (C=O) groups excluding carboxylic acids is 1. The van der Waals surface area contributed by atoms with Gasteiger partial charge in [0.05, 0.1) is 19.3 Å². The van der Waals surface area contributed by atoms with E-state index in [-0.39, 0.29) is 11.9 Å². The predicted molar refractivity (Wildman–Crippen MR) is 81.4 cm³/mol. The molecule has 2 aliphatic heterocycles. The molecule has 0 aromatic carbocycles. The summed E-state index contributed by atoms with van der Waals surface area (Å²) < 4.78 is 5.38. The van der Waals surface area contributed by atoms with Gasteiger partial charge >= 0.3 is 0 Å². The third kappa shape index (κ3) is 2.88. The molecule has 1 aromatic heterocycles. The Labute approximate surface area is 125 Å². The van der Waals surface area contributed by atoms with Gasteiger partial charge < -0.3 is 14.5 Å². The number of pyridine rings is 1. The fourth-order valence-corrected chi connectivity index (χ4v) is 3.33. The van der Waals surface area contributed by atoms with E-state index in [4.69, 9.17) is 4.74 Å². The molecule has 2 fully saturated rings. The number of hydrogen-bond acceptors (Lipinski definition) is 4. The van der Waals surface area contributed by atoms with Gasteiger partial charge in [-0.1, -0.05) is 0 Å². The maximum absolute atomic E-state index is 11.7. The maximum atomic E-state index is 11.7. The van der Waals surface area contributed by atoms with E-state index in [1.807, 2.05) is 11.1 Å². The summed E-state index contributed by atoms with van der Waals surface area (Å²) >= 11 is 0. The highest BCUT2D eigenvalue weighted by Gasteiger charge is 2.29. The van der Waals surface area contributed by atoms with Gasteiger partial charge in [0, 0.05) is 32.8 Å². The molecule has 0 radical (unpaired) electrons. The summed E-state index contributed by atoms with van der Waals surface area (Å²) in [5, 5.41) is 0. The fraction of sp³-hybridized carbons (Fsp3) is 0.625. The molecule has 0 aliphatic carbocycles. The zero-order chi connectivity index (χ0) is 14.8. The largest absolute Gasteiger partial charge is 0.378 e. The quantitative estimate of drug-likeness (QED) is 0.834. The normalized spacial score (nSPS) is 22.7. The first kappa shape index (κ1) is 14.3. The number of morpholine rings is 1. The topological polar surface area (TPSA) is 45.7 Å². The fourth-order valence-electron chi connectivity index (χ4n) is 3.33. The number of anilines is 1. The number of ether oxygens (including phenoxy) is 1. The number of carbonyl (C=O) groups is 1. The highest BCUT2D eigenvalue weighted by molar-refractivity contribution is 5.74. The van der Waals surface area contributed by atoms with Crippen LogP contribution in [0.25, 0.3) is 0 Å². The monoisotopic (exact) mass is 289 g/mol. The van der Waals surface area contributed by atoms with Crippen molar-refractivity contribution in [1.82, 2.24) is 9.88 Å². The van der Waals surface area contributed by atoms with Gasteiger partial charge in [0.2, 0.25) is 5.91 Å². The van der Waals surface area contributed by atoms with E-state index < -0.39 is 0 Å². The van der Waals surface area contributed by atoms with Crippen LogP contribution in [0.3, 0.4) is 0 Å². The van der Waals surface area contributed by atoms with Crippen LogP contribution in [-0.4, -0.2) is 48.6 Å². The zero-order valence-corrected chi connectivity index (χ0v) is 12.8. The lowest BCUT2D eigenvalue weighted by molar-refractivity contribution is -0.129. The molecule has 1 aromatic rings. The van der Waals surface area contributed by atoms with Crippen LogP contribution in [0.4, 0.5) is 5.82 Å². The molecule has 2 aliphatic rings. The van der Waals surface area contributed by atoms with Crippen molar-refractivity contribution in [2.45, 2.75) is 32.7 Å². The number of aromatic nitrogens is 1. The van der Waals surface area contributed by atoms with Crippen LogP contribution >= 0.6 is 0 Å². The van der Waals surface area contributed by atoms with Gasteiger partial charge in [0.25, 0.3) is 0 Å². The lowest BCUT2D eigenvalue weighted by Gasteiger charge is -2.29. The third-order valence-corrected chi connectivity index (χ3v) is 4.49. The van der Waals surface area contributed by atoms with Crippen LogP contribution in [0.1, 0.15) is 36.9 Å². The molecule has 3 rings (SSSR count). The second-order valence-electron chi connectivity index (χ2n) is 5.87. The summed E-state index contributed by atoms with van der Waals surface area (Å²) in [5.74, 6) is 1.18. The smallest absolute Gasteiger partial charge is 0.219 e. The van der Waals surface area contributed by atoms with Crippen molar-refractivity contribution < 1.29 is 9.53 Å². The highest BCUT2D eigenvalue weighted by atomic mass is 16.5. The average molecular weight is 289 g/mol. The van der Waals surface area contributed by atoms with E-state index in [9.17, 15) is 4.79 Å². The average Bonchev–Trinajstić information content (AvgIpc) is 2.97. The van der Waals surface area contributed by atoms with Crippen molar-refractivity contribution in [3.8, 4) is 0 Å². The summed E-state index contributed by atoms with van der Waals surface area (Å²) in [7, 11) is 0. The SMILES string of the molecule is CC(=O)N1CCCC1c1cnc(N2CCOCC2)cc1C. The number of hydrogen-bond donors (Lipinski definition) is 0. The Bertz CT molecular complexity index is 526. The van der Waals surface area contributed by atoms with Gasteiger partial charge in [-0.3, -0.25) is 4.79 Å². The van der Waals surface area contributed by atoms with Gasteiger partial charge in [-0.15, -0.1) is 0 Å². The lowest BCUT2D eigenvalue weighted by Crippen LogP contribution is -2.37. The molecule has 1 amide bonds. The molecule has 1 atom stereocenters. The van der Waals surface area contributed by atoms with E-state index >= 15 is 0 Å². The molecule has 1 unspecified atom stereocenters. The molecule has 0 bridgehead atoms. The minimum atomic E-state index is 0.161. The maximum Gasteiger partial charge on any atom is 0.219 e. The number of amides is 1. The van der Waals surface area contributed by atoms with Gasteiger partial charge in [0.1, 0.15) is 5.82 Å². The van der Waals surface area contributed by atoms with Crippen LogP contribution in [0.2, 0.25) is 0 Å². The predicted octanol–water partition coefficient (Wildman–Crippen LogP) is 1.91. The minimum Gasteiger partial charge on any atom is -0.378 e. The standard InChI is InChI=1S/C16H23N3O2/c1-12-10-16(18-6-8-21-9-7-18)17-11-14(12)15-4-3-5-19(15)13(2)20/h10-11,15H,3-9H2,1-2H3. The molecule has 0 saturated carbocycles. The van der Waals surface area contributed by atoms with Crippen molar-refractivity contribution in [2.75, 3.05) is 37.7 Å². The molecule has 21 heavy (non-hydrogen) atoms. The summed E-state index contributed by atoms with van der Waals surface area (Å²) in [6, 6.07) is 2.35. The first-order valence-electron chi connectivity index (χ1n) is 7.73. The Morgan fingerprint density at radius 1 is 1.33 bits per heavy atom. The van der Waals surface area contributed by atoms with Gasteiger partial charge in [-0.2, -0.15) is 0 Å². The van der Waals surface area contributed by atoms with Crippen LogP contribution in [0, 0.1) is 6.92 Å². The van der Waals surface area contributed by atoms with E-state index in [2.05, 4.69) is 22.9 Å². The highest BCUT2D eigenvalue weighted by Crippen LogP contribution is 2.34. The van der Waals surface area contributed by atoms with Crippen molar-refractivity contribution >= 4 is 11.7 Å². The van der Waals surface area contributed by atoms with E-state index in [0.717, 1.165) is 51.5 Å². The Morgan fingerprint density at radius 2 is 2.10 bits per heavy atom. The Kier molecular flexibility index (Phi) is 4.10. The van der Waals surface area contributed by atoms with Crippen molar-refractivity contribution in [2.24, 2.45) is 0 Å². The van der Waals surface area contributed by atoms with Crippen molar-refractivity contribution in [3.05, 3.63) is 23.4 Å². The minimum absolute atomic E-state index is 0.161. The van der Waals surface area contributed by atoms with Crippen LogP contribution in [-0.2, 0) is 9.53 Å². The first-order valence-corrected chi connectivity index (χ1v) is 7.73. The zero-order valence-electron chi connectivity index (χ0n) is 12.8. The summed E-state index contributed by atoms with van der Waals surface area (Å²) in [4.78, 5) is 20.6. The van der Waals surface area contributed by atoms with Crippen LogP contribution in [0.5, 0.6) is 0 Å². The Balaban J connectivity index is 1.82. The number of likely N-dealkylation sites (tertiary alicyclic amines) is 1. The van der Waals surface area contributed by atoms with Gasteiger partial charge in [-0.25, -0.2) is 4.98 Å². The summed E-state index contributed by atoms with van der Waals surface area (Å²) in [6.45, 7) is 7.97. The van der Waals surface area contributed by atoms with Crippen molar-refractivity contribution in [3.63, 3.8) is 0 Å². The summed E-state index contributed by atoms with van der Waals surface area (Å²) in [5.41, 5.74) is 2.42. The Hall–Kier alpha value is -1.62. The molecule has 114 valence electrons. The third-order valence-electron chi connectivity index (χ3n) is 4.49. The van der Waals surface area contributed by atoms with Gasteiger partial charge in [-0.05, 0) is 37.0 Å². The number of nitrogens with zero attached hydrogens (tertiary/aromatic N) is 3. The molecule has 5 nitrogen and oxygen atoms in total. The molecular weight excluding hydrogens is 266 g/mol. The second-order valence-corrected chi connectivity index (χ2v) is 5.87. The Morgan fingerprint density at radius 3 is 2.76 bits per heavy atom.